The van der Waals surface area contributed by atoms with Crippen molar-refractivity contribution in [3.05, 3.63) is 34.4 Å². The van der Waals surface area contributed by atoms with E-state index in [-0.39, 0.29) is 0 Å². The number of carbonyl (C=O) groups is 1. The molecule has 0 aromatic heterocycles. The van der Waals surface area contributed by atoms with Gasteiger partial charge in [0.25, 0.3) is 15.5 Å². The van der Waals surface area contributed by atoms with E-state index in [4.69, 9.17) is 4.74 Å². The Balaban J connectivity index is 3.17. The summed E-state index contributed by atoms with van der Waals surface area (Å²) in [5.41, 5.74) is -1.38. The zero-order valence-electron chi connectivity index (χ0n) is 10.6. The van der Waals surface area contributed by atoms with Crippen molar-refractivity contribution in [3.63, 3.8) is 0 Å². The molecule has 0 heterocycles. The number of nitro groups is 1. The number of benzene rings is 1. The summed E-state index contributed by atoms with van der Waals surface area (Å²) in [6.45, 7) is 4.57. The lowest BCUT2D eigenvalue weighted by Gasteiger charge is -2.19. The largest absolute Gasteiger partial charge is 0.448 e. The van der Waals surface area contributed by atoms with Crippen LogP contribution >= 0.6 is 0 Å². The van der Waals surface area contributed by atoms with Crippen LogP contribution in [0.1, 0.15) is 20.8 Å². The summed E-state index contributed by atoms with van der Waals surface area (Å²) in [4.78, 5) is 21.0. The molecule has 104 valence electrons. The van der Waals surface area contributed by atoms with E-state index < -0.39 is 36.2 Å². The van der Waals surface area contributed by atoms with Gasteiger partial charge in [0.2, 0.25) is 0 Å². The maximum Gasteiger partial charge on any atom is 0.430 e. The zero-order valence-corrected chi connectivity index (χ0v) is 11.4. The molecule has 19 heavy (non-hydrogen) atoms. The van der Waals surface area contributed by atoms with Crippen LogP contribution < -0.4 is 0 Å². The summed E-state index contributed by atoms with van der Waals surface area (Å²) in [6.07, 6.45) is 0. The van der Waals surface area contributed by atoms with Crippen LogP contribution in [0.25, 0.3) is 0 Å². The summed E-state index contributed by atoms with van der Waals surface area (Å²) in [5.74, 6) is 0. The first-order chi connectivity index (χ1) is 8.54. The van der Waals surface area contributed by atoms with E-state index >= 15 is 0 Å². The molecule has 0 aliphatic heterocycles. The Hall–Kier alpha value is -1.96. The highest BCUT2D eigenvalue weighted by atomic mass is 32.2. The number of non-ortho nitro benzene ring substituents is 1. The number of carbonyl (C=O) groups excluding carboxylic acids is 1. The molecule has 7 nitrogen and oxygen atoms in total. The lowest BCUT2D eigenvalue weighted by atomic mass is 10.2. The first kappa shape index (κ1) is 15.1. The van der Waals surface area contributed by atoms with Crippen LogP contribution in [0.4, 0.5) is 10.5 Å². The minimum Gasteiger partial charge on any atom is -0.448 e. The maximum absolute atomic E-state index is 11.9. The average molecular weight is 287 g/mol. The van der Waals surface area contributed by atoms with Crippen LogP contribution in [0, 0.1) is 10.1 Å². The fourth-order valence-electron chi connectivity index (χ4n) is 1.17. The van der Waals surface area contributed by atoms with Gasteiger partial charge in [0, 0.05) is 12.1 Å². The summed E-state index contributed by atoms with van der Waals surface area (Å²) in [7, 11) is -4.39. The number of sulfone groups is 1. The highest BCUT2D eigenvalue weighted by Crippen LogP contribution is 2.21. The smallest absolute Gasteiger partial charge is 0.430 e. The van der Waals surface area contributed by atoms with Crippen molar-refractivity contribution in [2.24, 2.45) is 0 Å². The van der Waals surface area contributed by atoms with Gasteiger partial charge >= 0.3 is 5.30 Å². The van der Waals surface area contributed by atoms with Crippen LogP contribution in [0.15, 0.2) is 29.2 Å². The third-order valence-electron chi connectivity index (χ3n) is 1.95. The standard InChI is InChI=1S/C11H13NO6S/c1-11(2,3)18-10(13)19(16,17)9-6-4-5-8(7-9)12(14)15/h4-7H,1-3H3. The van der Waals surface area contributed by atoms with E-state index in [9.17, 15) is 23.3 Å². The van der Waals surface area contributed by atoms with Gasteiger partial charge in [-0.2, -0.15) is 0 Å². The van der Waals surface area contributed by atoms with Crippen molar-refractivity contribution < 1.29 is 22.9 Å². The third-order valence-corrected chi connectivity index (χ3v) is 3.34. The van der Waals surface area contributed by atoms with Crippen LogP contribution in [0.3, 0.4) is 0 Å². The lowest BCUT2D eigenvalue weighted by Crippen LogP contribution is -2.28. The molecule has 0 spiro atoms. The Bertz CT molecular complexity index is 614. The molecule has 0 unspecified atom stereocenters. The first-order valence-electron chi connectivity index (χ1n) is 5.26. The number of ether oxygens (including phenoxy) is 1. The van der Waals surface area contributed by atoms with Gasteiger partial charge < -0.3 is 4.74 Å². The van der Waals surface area contributed by atoms with Crippen molar-refractivity contribution in [2.45, 2.75) is 31.3 Å². The van der Waals surface area contributed by atoms with E-state index in [0.29, 0.717) is 0 Å². The van der Waals surface area contributed by atoms with Crippen LogP contribution in [0.2, 0.25) is 0 Å². The molecule has 0 saturated heterocycles. The van der Waals surface area contributed by atoms with Gasteiger partial charge in [-0.3, -0.25) is 10.1 Å². The predicted octanol–water partition coefficient (Wildman–Crippen LogP) is 2.30. The van der Waals surface area contributed by atoms with Crippen molar-refractivity contribution in [1.82, 2.24) is 0 Å². The molecule has 0 aliphatic carbocycles. The number of hydrogen-bond donors (Lipinski definition) is 0. The fourth-order valence-corrected chi connectivity index (χ4v) is 2.25. The predicted molar refractivity (Wildman–Crippen MR) is 66.5 cm³/mol. The first-order valence-corrected chi connectivity index (χ1v) is 6.75. The highest BCUT2D eigenvalue weighted by Gasteiger charge is 2.31. The van der Waals surface area contributed by atoms with Gasteiger partial charge in [-0.15, -0.1) is 0 Å². The Morgan fingerprint density at radius 1 is 1.32 bits per heavy atom. The van der Waals surface area contributed by atoms with Crippen molar-refractivity contribution >= 4 is 20.8 Å². The second kappa shape index (κ2) is 4.96. The lowest BCUT2D eigenvalue weighted by molar-refractivity contribution is -0.385. The van der Waals surface area contributed by atoms with E-state index in [2.05, 4.69) is 0 Å². The molecule has 1 rings (SSSR count). The van der Waals surface area contributed by atoms with Crippen LogP contribution in [-0.4, -0.2) is 24.2 Å². The normalized spacial score (nSPS) is 11.9. The molecule has 0 radical (unpaired) electrons. The third kappa shape index (κ3) is 3.75. The van der Waals surface area contributed by atoms with Gasteiger partial charge in [-0.25, -0.2) is 13.2 Å². The molecule has 1 aromatic rings. The molecular formula is C11H13NO6S. The minimum absolute atomic E-state index is 0.412. The number of nitrogens with zero attached hydrogens (tertiary/aromatic N) is 1. The van der Waals surface area contributed by atoms with Gasteiger partial charge in [-0.1, -0.05) is 6.07 Å². The molecule has 1 aromatic carbocycles. The summed E-state index contributed by atoms with van der Waals surface area (Å²) in [5, 5.41) is 9.14. The summed E-state index contributed by atoms with van der Waals surface area (Å²) in [6, 6.07) is 4.25. The van der Waals surface area contributed by atoms with Crippen molar-refractivity contribution in [1.29, 1.82) is 0 Å². The SMILES string of the molecule is CC(C)(C)OC(=O)S(=O)(=O)c1cccc([N+](=O)[O-])c1. The Labute approximate surface area is 110 Å². The summed E-state index contributed by atoms with van der Waals surface area (Å²) < 4.78 is 28.5. The quantitative estimate of drug-likeness (QED) is 0.469. The molecule has 8 heteroatoms. The molecule has 0 fully saturated rings. The van der Waals surface area contributed by atoms with Crippen molar-refractivity contribution in [2.75, 3.05) is 0 Å². The van der Waals surface area contributed by atoms with E-state index in [1.54, 1.807) is 0 Å². The van der Waals surface area contributed by atoms with E-state index in [1.165, 1.54) is 26.8 Å². The topological polar surface area (TPSA) is 104 Å². The van der Waals surface area contributed by atoms with E-state index in [1.807, 2.05) is 0 Å². The molecule has 0 amide bonds. The van der Waals surface area contributed by atoms with Gasteiger partial charge in [0.1, 0.15) is 5.60 Å². The number of hydrogen-bond acceptors (Lipinski definition) is 6. The fraction of sp³-hybridized carbons (Fsp3) is 0.364. The Kier molecular flexibility index (Phi) is 3.94. The second-order valence-corrected chi connectivity index (χ2v) is 6.53. The average Bonchev–Trinajstić information content (AvgIpc) is 2.26. The van der Waals surface area contributed by atoms with Crippen molar-refractivity contribution in [3.8, 4) is 0 Å². The van der Waals surface area contributed by atoms with Gasteiger partial charge in [-0.05, 0) is 26.8 Å². The molecular weight excluding hydrogens is 274 g/mol. The highest BCUT2D eigenvalue weighted by molar-refractivity contribution is 8.05. The number of nitro benzene ring substituents is 1. The second-order valence-electron chi connectivity index (χ2n) is 4.72. The Morgan fingerprint density at radius 3 is 2.37 bits per heavy atom. The van der Waals surface area contributed by atoms with Crippen LogP contribution in [0.5, 0.6) is 0 Å². The molecule has 0 atom stereocenters. The zero-order chi connectivity index (χ0) is 14.8. The van der Waals surface area contributed by atoms with Crippen LogP contribution in [-0.2, 0) is 14.6 Å². The van der Waals surface area contributed by atoms with Gasteiger partial charge in [0.05, 0.1) is 9.82 Å². The number of rotatable bonds is 2. The van der Waals surface area contributed by atoms with E-state index in [0.717, 1.165) is 18.2 Å². The Morgan fingerprint density at radius 2 is 1.89 bits per heavy atom. The molecule has 0 saturated carbocycles. The maximum atomic E-state index is 11.9. The molecule has 0 N–H and O–H groups in total. The molecule has 0 bridgehead atoms. The minimum atomic E-state index is -4.39. The monoisotopic (exact) mass is 287 g/mol. The van der Waals surface area contributed by atoms with Gasteiger partial charge in [0.15, 0.2) is 0 Å². The molecule has 0 aliphatic rings. The summed E-state index contributed by atoms with van der Waals surface area (Å²) >= 11 is 0.